The van der Waals surface area contributed by atoms with E-state index in [0.29, 0.717) is 17.5 Å². The van der Waals surface area contributed by atoms with Crippen LogP contribution in [-0.2, 0) is 0 Å². The summed E-state index contributed by atoms with van der Waals surface area (Å²) in [6, 6.07) is 9.28. The van der Waals surface area contributed by atoms with Crippen molar-refractivity contribution < 1.29 is 9.21 Å². The number of aromatic nitrogens is 2. The van der Waals surface area contributed by atoms with Crippen LogP contribution in [-0.4, -0.2) is 15.5 Å². The quantitative estimate of drug-likeness (QED) is 0.805. The molecular formula is C17H14N4O2. The number of carbonyl (C=O) groups is 1. The molecule has 6 heteroatoms. The van der Waals surface area contributed by atoms with Gasteiger partial charge in [0.15, 0.2) is 0 Å². The zero-order valence-corrected chi connectivity index (χ0v) is 12.7. The molecule has 114 valence electrons. The van der Waals surface area contributed by atoms with Crippen LogP contribution in [0.3, 0.4) is 0 Å². The van der Waals surface area contributed by atoms with Crippen LogP contribution < -0.4 is 5.32 Å². The molecule has 3 heterocycles. The summed E-state index contributed by atoms with van der Waals surface area (Å²) >= 11 is 0. The zero-order valence-electron chi connectivity index (χ0n) is 12.7. The zero-order chi connectivity index (χ0) is 16.4. The fraction of sp³-hybridized carbons (Fsp3) is 0.118. The van der Waals surface area contributed by atoms with Crippen LogP contribution in [0.5, 0.6) is 0 Å². The number of hydrogen-bond donors (Lipinski definition) is 1. The van der Waals surface area contributed by atoms with Crippen LogP contribution >= 0.6 is 0 Å². The number of aryl methyl sites for hydroxylation is 2. The second-order valence-corrected chi connectivity index (χ2v) is 5.09. The van der Waals surface area contributed by atoms with E-state index in [2.05, 4.69) is 16.4 Å². The van der Waals surface area contributed by atoms with Gasteiger partial charge in [0.25, 0.3) is 5.91 Å². The second-order valence-electron chi connectivity index (χ2n) is 5.09. The van der Waals surface area contributed by atoms with Crippen LogP contribution in [0.2, 0.25) is 0 Å². The highest BCUT2D eigenvalue weighted by Crippen LogP contribution is 2.26. The summed E-state index contributed by atoms with van der Waals surface area (Å²) in [6.07, 6.45) is 5.12. The van der Waals surface area contributed by atoms with Gasteiger partial charge >= 0.3 is 0 Å². The first-order valence-electron chi connectivity index (χ1n) is 7.01. The Labute approximate surface area is 133 Å². The number of rotatable bonds is 3. The average Bonchev–Trinajstić information content (AvgIpc) is 3.13. The molecule has 0 aliphatic heterocycles. The van der Waals surface area contributed by atoms with Crippen molar-refractivity contribution in [2.45, 2.75) is 13.8 Å². The molecule has 0 spiro atoms. The van der Waals surface area contributed by atoms with Crippen molar-refractivity contribution >= 4 is 11.7 Å². The van der Waals surface area contributed by atoms with Gasteiger partial charge in [0.05, 0.1) is 0 Å². The highest BCUT2D eigenvalue weighted by atomic mass is 16.4. The molecular weight excluding hydrogens is 292 g/mol. The third-order valence-corrected chi connectivity index (χ3v) is 3.40. The first-order chi connectivity index (χ1) is 11.1. The summed E-state index contributed by atoms with van der Waals surface area (Å²) in [6.45, 7) is 3.57. The van der Waals surface area contributed by atoms with Crippen molar-refractivity contribution in [2.24, 2.45) is 0 Å². The van der Waals surface area contributed by atoms with Crippen molar-refractivity contribution in [1.82, 2.24) is 9.55 Å². The number of nitriles is 1. The first-order valence-corrected chi connectivity index (χ1v) is 7.01. The van der Waals surface area contributed by atoms with Gasteiger partial charge in [0.2, 0.25) is 5.88 Å². The number of pyridine rings is 1. The topological polar surface area (TPSA) is 83.8 Å². The van der Waals surface area contributed by atoms with Crippen LogP contribution in [0.4, 0.5) is 5.82 Å². The lowest BCUT2D eigenvalue weighted by Gasteiger charge is -2.04. The maximum absolute atomic E-state index is 12.5. The third-order valence-electron chi connectivity index (χ3n) is 3.40. The molecule has 0 radical (unpaired) electrons. The number of carbonyl (C=O) groups excluding carboxylic acids is 1. The van der Waals surface area contributed by atoms with Gasteiger partial charge in [0.1, 0.15) is 28.8 Å². The molecule has 3 aromatic rings. The van der Waals surface area contributed by atoms with Gasteiger partial charge in [0, 0.05) is 18.6 Å². The van der Waals surface area contributed by atoms with Crippen molar-refractivity contribution in [3.8, 4) is 12.0 Å². The molecule has 0 saturated heterocycles. The van der Waals surface area contributed by atoms with E-state index in [1.165, 1.54) is 0 Å². The van der Waals surface area contributed by atoms with Gasteiger partial charge in [-0.3, -0.25) is 9.36 Å². The van der Waals surface area contributed by atoms with Crippen LogP contribution in [0.1, 0.15) is 27.2 Å². The Bertz CT molecular complexity index is 901. The smallest absolute Gasteiger partial charge is 0.261 e. The predicted molar refractivity (Wildman–Crippen MR) is 84.4 cm³/mol. The standard InChI is InChI=1S/C17H14N4O2/c1-11-5-6-19-14(9-11)20-16(22)15-12(2)23-17(13(15)10-18)21-7-3-4-8-21/h3-9H,1-2H3,(H,19,20,22). The van der Waals surface area contributed by atoms with Crippen LogP contribution in [0.25, 0.3) is 5.88 Å². The summed E-state index contributed by atoms with van der Waals surface area (Å²) in [5.74, 6) is 0.731. The Morgan fingerprint density at radius 1 is 1.35 bits per heavy atom. The highest BCUT2D eigenvalue weighted by Gasteiger charge is 2.24. The fourth-order valence-electron chi connectivity index (χ4n) is 2.34. The molecule has 0 fully saturated rings. The summed E-state index contributed by atoms with van der Waals surface area (Å²) in [4.78, 5) is 16.6. The first kappa shape index (κ1) is 14.6. The minimum absolute atomic E-state index is 0.198. The number of nitrogens with one attached hydrogen (secondary N) is 1. The predicted octanol–water partition coefficient (Wildman–Crippen LogP) is 3.21. The average molecular weight is 306 g/mol. The van der Waals surface area contributed by atoms with E-state index >= 15 is 0 Å². The van der Waals surface area contributed by atoms with E-state index in [1.54, 1.807) is 36.1 Å². The van der Waals surface area contributed by atoms with Gasteiger partial charge in [-0.15, -0.1) is 0 Å². The Kier molecular flexibility index (Phi) is 3.69. The molecule has 1 amide bonds. The highest BCUT2D eigenvalue weighted by molar-refractivity contribution is 6.06. The van der Waals surface area contributed by atoms with Crippen molar-refractivity contribution in [3.63, 3.8) is 0 Å². The molecule has 23 heavy (non-hydrogen) atoms. The molecule has 0 unspecified atom stereocenters. The van der Waals surface area contributed by atoms with Crippen LogP contribution in [0.15, 0.2) is 47.3 Å². The lowest BCUT2D eigenvalue weighted by atomic mass is 10.1. The second kappa shape index (κ2) is 5.81. The normalized spacial score (nSPS) is 10.3. The fourth-order valence-corrected chi connectivity index (χ4v) is 2.34. The van der Waals surface area contributed by atoms with Gasteiger partial charge in [-0.1, -0.05) is 0 Å². The number of furan rings is 1. The number of hydrogen-bond acceptors (Lipinski definition) is 4. The Morgan fingerprint density at radius 3 is 2.74 bits per heavy atom. The molecule has 1 N–H and O–H groups in total. The molecule has 0 aromatic carbocycles. The Hall–Kier alpha value is -3.33. The molecule has 0 bridgehead atoms. The van der Waals surface area contributed by atoms with Gasteiger partial charge in [-0.05, 0) is 43.7 Å². The lowest BCUT2D eigenvalue weighted by Crippen LogP contribution is -2.14. The van der Waals surface area contributed by atoms with E-state index in [0.717, 1.165) is 5.56 Å². The van der Waals surface area contributed by atoms with E-state index in [4.69, 9.17) is 4.42 Å². The van der Waals surface area contributed by atoms with E-state index < -0.39 is 5.91 Å². The van der Waals surface area contributed by atoms with Gasteiger partial charge in [-0.25, -0.2) is 4.98 Å². The molecule has 6 nitrogen and oxygen atoms in total. The number of nitrogens with zero attached hydrogens (tertiary/aromatic N) is 3. The van der Waals surface area contributed by atoms with Crippen molar-refractivity contribution in [2.75, 3.05) is 5.32 Å². The minimum atomic E-state index is -0.417. The molecule has 3 rings (SSSR count). The largest absolute Gasteiger partial charge is 0.443 e. The SMILES string of the molecule is Cc1ccnc(NC(=O)c2c(C)oc(-n3cccc3)c2C#N)c1. The maximum Gasteiger partial charge on any atom is 0.261 e. The van der Waals surface area contributed by atoms with Crippen molar-refractivity contribution in [1.29, 1.82) is 5.26 Å². The van der Waals surface area contributed by atoms with Gasteiger partial charge in [-0.2, -0.15) is 5.26 Å². The summed E-state index contributed by atoms with van der Waals surface area (Å²) in [5.41, 5.74) is 1.40. The molecule has 0 saturated carbocycles. The van der Waals surface area contributed by atoms with E-state index in [-0.39, 0.29) is 11.1 Å². The van der Waals surface area contributed by atoms with Gasteiger partial charge < -0.3 is 9.73 Å². The maximum atomic E-state index is 12.5. The number of anilines is 1. The summed E-state index contributed by atoms with van der Waals surface area (Å²) in [5, 5.41) is 12.2. The Balaban J connectivity index is 2.00. The molecule has 0 aliphatic rings. The lowest BCUT2D eigenvalue weighted by molar-refractivity contribution is 0.102. The number of amides is 1. The molecule has 0 atom stereocenters. The summed E-state index contributed by atoms with van der Waals surface area (Å²) < 4.78 is 7.28. The third kappa shape index (κ3) is 2.72. The van der Waals surface area contributed by atoms with Crippen LogP contribution in [0, 0.1) is 25.2 Å². The monoisotopic (exact) mass is 306 g/mol. The minimum Gasteiger partial charge on any atom is -0.443 e. The van der Waals surface area contributed by atoms with E-state index in [1.807, 2.05) is 25.1 Å². The van der Waals surface area contributed by atoms with E-state index in [9.17, 15) is 10.1 Å². The Morgan fingerprint density at radius 2 is 2.09 bits per heavy atom. The molecule has 0 aliphatic carbocycles. The summed E-state index contributed by atoms with van der Waals surface area (Å²) in [7, 11) is 0. The van der Waals surface area contributed by atoms with Crippen molar-refractivity contribution in [3.05, 3.63) is 65.3 Å². The molecule has 3 aromatic heterocycles.